The smallest absolute Gasteiger partial charge is 0.0220 e. The fourth-order valence-electron chi connectivity index (χ4n) is 3.77. The summed E-state index contributed by atoms with van der Waals surface area (Å²) in [5.74, 6) is 1.70. The van der Waals surface area contributed by atoms with Gasteiger partial charge in [0.1, 0.15) is 0 Å². The molecule has 19 heavy (non-hydrogen) atoms. The van der Waals surface area contributed by atoms with E-state index in [-0.39, 0.29) is 0 Å². The van der Waals surface area contributed by atoms with Gasteiger partial charge in [-0.1, -0.05) is 13.8 Å². The predicted molar refractivity (Wildman–Crippen MR) is 82.3 cm³/mol. The first kappa shape index (κ1) is 15.3. The molecule has 2 fully saturated rings. The van der Waals surface area contributed by atoms with Gasteiger partial charge in [0.15, 0.2) is 0 Å². The molecule has 2 aliphatic heterocycles. The summed E-state index contributed by atoms with van der Waals surface area (Å²) in [5.41, 5.74) is 5.97. The summed E-state index contributed by atoms with van der Waals surface area (Å²) in [6.07, 6.45) is 6.86. The van der Waals surface area contributed by atoms with Crippen molar-refractivity contribution in [2.45, 2.75) is 52.0 Å². The van der Waals surface area contributed by atoms with Crippen LogP contribution in [0.4, 0.5) is 0 Å². The van der Waals surface area contributed by atoms with E-state index in [9.17, 15) is 0 Å². The number of hydrogen-bond acceptors (Lipinski definition) is 3. The second-order valence-electron chi connectivity index (χ2n) is 7.01. The molecule has 2 aliphatic rings. The largest absolute Gasteiger partial charge is 0.329 e. The van der Waals surface area contributed by atoms with Crippen LogP contribution in [0.3, 0.4) is 0 Å². The Morgan fingerprint density at radius 2 is 1.68 bits per heavy atom. The van der Waals surface area contributed by atoms with Crippen LogP contribution in [-0.4, -0.2) is 55.1 Å². The molecule has 1 unspecified atom stereocenters. The van der Waals surface area contributed by atoms with Gasteiger partial charge >= 0.3 is 0 Å². The van der Waals surface area contributed by atoms with Crippen molar-refractivity contribution in [2.24, 2.45) is 17.6 Å². The minimum absolute atomic E-state index is 0.618. The quantitative estimate of drug-likeness (QED) is 0.800. The number of nitrogens with zero attached hydrogens (tertiary/aromatic N) is 2. The lowest BCUT2D eigenvalue weighted by atomic mass is 9.93. The van der Waals surface area contributed by atoms with Crippen LogP contribution < -0.4 is 5.73 Å². The third-order valence-electron chi connectivity index (χ3n) is 4.90. The number of likely N-dealkylation sites (tertiary alicyclic amines) is 2. The van der Waals surface area contributed by atoms with Gasteiger partial charge in [0.25, 0.3) is 0 Å². The third kappa shape index (κ3) is 4.73. The number of piperidine rings is 1. The van der Waals surface area contributed by atoms with Crippen molar-refractivity contribution in [3.8, 4) is 0 Å². The summed E-state index contributed by atoms with van der Waals surface area (Å²) in [4.78, 5) is 5.33. The Morgan fingerprint density at radius 1 is 1.05 bits per heavy atom. The van der Waals surface area contributed by atoms with Gasteiger partial charge in [-0.05, 0) is 70.1 Å². The Bertz CT molecular complexity index is 240. The fourth-order valence-corrected chi connectivity index (χ4v) is 3.77. The maximum Gasteiger partial charge on any atom is 0.0220 e. The number of rotatable bonds is 6. The van der Waals surface area contributed by atoms with Crippen LogP contribution in [0.1, 0.15) is 46.0 Å². The van der Waals surface area contributed by atoms with E-state index in [4.69, 9.17) is 5.73 Å². The third-order valence-corrected chi connectivity index (χ3v) is 4.90. The molecule has 0 spiro atoms. The zero-order valence-electron chi connectivity index (χ0n) is 13.0. The van der Waals surface area contributed by atoms with E-state index >= 15 is 0 Å². The van der Waals surface area contributed by atoms with Crippen LogP contribution in [0.2, 0.25) is 0 Å². The van der Waals surface area contributed by atoms with Crippen molar-refractivity contribution >= 4 is 0 Å². The Labute approximate surface area is 119 Å². The van der Waals surface area contributed by atoms with Crippen molar-refractivity contribution in [2.75, 3.05) is 39.3 Å². The standard InChI is InChI=1S/C16H33N3/c1-14(2)11-16(12-17)19-9-5-15(6-10-19)13-18-7-3-4-8-18/h14-16H,3-13,17H2,1-2H3. The molecule has 112 valence electrons. The van der Waals surface area contributed by atoms with E-state index in [2.05, 4.69) is 23.6 Å². The molecule has 2 N–H and O–H groups in total. The van der Waals surface area contributed by atoms with Gasteiger partial charge in [0, 0.05) is 19.1 Å². The van der Waals surface area contributed by atoms with E-state index < -0.39 is 0 Å². The zero-order chi connectivity index (χ0) is 13.7. The van der Waals surface area contributed by atoms with Crippen LogP contribution in [-0.2, 0) is 0 Å². The highest BCUT2D eigenvalue weighted by Gasteiger charge is 2.26. The molecule has 0 aromatic rings. The number of nitrogens with two attached hydrogens (primary N) is 1. The minimum Gasteiger partial charge on any atom is -0.329 e. The highest BCUT2D eigenvalue weighted by molar-refractivity contribution is 4.82. The molecule has 0 bridgehead atoms. The lowest BCUT2D eigenvalue weighted by Gasteiger charge is -2.38. The van der Waals surface area contributed by atoms with Crippen molar-refractivity contribution in [3.05, 3.63) is 0 Å². The van der Waals surface area contributed by atoms with Crippen molar-refractivity contribution in [1.82, 2.24) is 9.80 Å². The van der Waals surface area contributed by atoms with Gasteiger partial charge in [-0.2, -0.15) is 0 Å². The first-order valence-electron chi connectivity index (χ1n) is 8.35. The predicted octanol–water partition coefficient (Wildman–Crippen LogP) is 2.17. The fraction of sp³-hybridized carbons (Fsp3) is 1.00. The molecule has 0 amide bonds. The first-order chi connectivity index (χ1) is 9.19. The average molecular weight is 267 g/mol. The van der Waals surface area contributed by atoms with Crippen LogP contribution in [0, 0.1) is 11.8 Å². The molecule has 2 heterocycles. The molecular formula is C16H33N3. The highest BCUT2D eigenvalue weighted by Crippen LogP contribution is 2.23. The van der Waals surface area contributed by atoms with Crippen molar-refractivity contribution < 1.29 is 0 Å². The first-order valence-corrected chi connectivity index (χ1v) is 8.35. The second kappa shape index (κ2) is 7.61. The van der Waals surface area contributed by atoms with Crippen molar-refractivity contribution in [1.29, 1.82) is 0 Å². The highest BCUT2D eigenvalue weighted by atomic mass is 15.2. The Kier molecular flexibility index (Phi) is 6.11. The summed E-state index contributed by atoms with van der Waals surface area (Å²) in [6, 6.07) is 0.618. The topological polar surface area (TPSA) is 32.5 Å². The zero-order valence-corrected chi connectivity index (χ0v) is 13.0. The maximum atomic E-state index is 5.97. The molecule has 0 aromatic heterocycles. The van der Waals surface area contributed by atoms with Gasteiger partial charge in [0.05, 0.1) is 0 Å². The van der Waals surface area contributed by atoms with Crippen LogP contribution >= 0.6 is 0 Å². The van der Waals surface area contributed by atoms with E-state index in [1.807, 2.05) is 0 Å². The van der Waals surface area contributed by atoms with E-state index in [1.165, 1.54) is 64.8 Å². The molecule has 2 saturated heterocycles. The van der Waals surface area contributed by atoms with Crippen LogP contribution in [0.25, 0.3) is 0 Å². The summed E-state index contributed by atoms with van der Waals surface area (Å²) >= 11 is 0. The van der Waals surface area contributed by atoms with Crippen LogP contribution in [0.15, 0.2) is 0 Å². The van der Waals surface area contributed by atoms with E-state index in [1.54, 1.807) is 0 Å². The van der Waals surface area contributed by atoms with Gasteiger partial charge in [0.2, 0.25) is 0 Å². The van der Waals surface area contributed by atoms with Gasteiger partial charge in [-0.15, -0.1) is 0 Å². The lowest BCUT2D eigenvalue weighted by molar-refractivity contribution is 0.107. The minimum atomic E-state index is 0.618. The summed E-state index contributed by atoms with van der Waals surface area (Å²) in [7, 11) is 0. The lowest BCUT2D eigenvalue weighted by Crippen LogP contribution is -2.47. The Hall–Kier alpha value is -0.120. The van der Waals surface area contributed by atoms with Crippen molar-refractivity contribution in [3.63, 3.8) is 0 Å². The molecule has 0 saturated carbocycles. The molecule has 0 radical (unpaired) electrons. The average Bonchev–Trinajstić information content (AvgIpc) is 2.90. The van der Waals surface area contributed by atoms with Gasteiger partial charge in [-0.3, -0.25) is 4.90 Å². The molecule has 2 rings (SSSR count). The van der Waals surface area contributed by atoms with Gasteiger partial charge in [-0.25, -0.2) is 0 Å². The van der Waals surface area contributed by atoms with Gasteiger partial charge < -0.3 is 10.6 Å². The summed E-state index contributed by atoms with van der Waals surface area (Å²) in [6.45, 7) is 12.0. The van der Waals surface area contributed by atoms with E-state index in [0.29, 0.717) is 6.04 Å². The number of hydrogen-bond donors (Lipinski definition) is 1. The van der Waals surface area contributed by atoms with Crippen LogP contribution in [0.5, 0.6) is 0 Å². The summed E-state index contributed by atoms with van der Waals surface area (Å²) in [5, 5.41) is 0. The second-order valence-corrected chi connectivity index (χ2v) is 7.01. The SMILES string of the molecule is CC(C)CC(CN)N1CCC(CN2CCCC2)CC1. The normalized spacial score (nSPS) is 25.3. The maximum absolute atomic E-state index is 5.97. The Balaban J connectivity index is 1.71. The molecule has 0 aromatic carbocycles. The monoisotopic (exact) mass is 267 g/mol. The molecule has 0 aliphatic carbocycles. The Morgan fingerprint density at radius 3 is 2.21 bits per heavy atom. The molecule has 3 nitrogen and oxygen atoms in total. The molecule has 3 heteroatoms. The van der Waals surface area contributed by atoms with E-state index in [0.717, 1.165) is 18.4 Å². The molecule has 1 atom stereocenters. The summed E-state index contributed by atoms with van der Waals surface area (Å²) < 4.78 is 0. The molecular weight excluding hydrogens is 234 g/mol.